The number of nitrogens with one attached hydrogen (secondary N) is 1. The van der Waals surface area contributed by atoms with Crippen LogP contribution in [-0.2, 0) is 21.4 Å². The van der Waals surface area contributed by atoms with Gasteiger partial charge in [-0.15, -0.1) is 22.0 Å². The number of thioether (sulfide) groups is 2. The molecule has 2 aromatic rings. The van der Waals surface area contributed by atoms with Crippen molar-refractivity contribution in [1.82, 2.24) is 25.0 Å². The maximum atomic E-state index is 12.8. The molecule has 12 heteroatoms. The Balaban J connectivity index is 1.46. The molecule has 162 valence electrons. The highest BCUT2D eigenvalue weighted by molar-refractivity contribution is 8.01. The zero-order chi connectivity index (χ0) is 22.1. The molecule has 3 atom stereocenters. The van der Waals surface area contributed by atoms with Crippen molar-refractivity contribution in [3.63, 3.8) is 0 Å². The fraction of sp³-hybridized carbons (Fsp3) is 0.316. The van der Waals surface area contributed by atoms with Gasteiger partial charge < -0.3 is 20.7 Å². The highest BCUT2D eigenvalue weighted by atomic mass is 32.2. The predicted molar refractivity (Wildman–Crippen MR) is 115 cm³/mol. The van der Waals surface area contributed by atoms with Crippen molar-refractivity contribution in [2.24, 2.45) is 12.8 Å². The third-order valence-corrected chi connectivity index (χ3v) is 7.49. The van der Waals surface area contributed by atoms with E-state index in [1.807, 2.05) is 6.07 Å². The van der Waals surface area contributed by atoms with Gasteiger partial charge in [0, 0.05) is 18.6 Å². The maximum absolute atomic E-state index is 12.8. The van der Waals surface area contributed by atoms with E-state index in [-0.39, 0.29) is 5.70 Å². The summed E-state index contributed by atoms with van der Waals surface area (Å²) in [4.78, 5) is 38.5. The number of nitrogens with zero attached hydrogens (tertiary/aromatic N) is 4. The van der Waals surface area contributed by atoms with E-state index in [1.54, 1.807) is 42.2 Å². The average molecular weight is 461 g/mol. The van der Waals surface area contributed by atoms with Crippen LogP contribution in [0.25, 0.3) is 0 Å². The van der Waals surface area contributed by atoms with Crippen LogP contribution in [0.15, 0.2) is 53.1 Å². The summed E-state index contributed by atoms with van der Waals surface area (Å²) in [6.45, 7) is 0. The van der Waals surface area contributed by atoms with Crippen molar-refractivity contribution in [3.05, 3.63) is 53.5 Å². The standard InChI is InChI=1S/C19H20N6O4S2/c1-24-9-21-23-19(24)31-8-11-7-30-17-13(16(27)25(17)14(11)18(28)29)22-15(26)12(20)10-5-3-2-4-6-10/h2-6,9,12-13,17H,7-8,20H2,1H3,(H,22,26)(H,28,29)/t12?,13?,17-/m0/s1. The van der Waals surface area contributed by atoms with Crippen molar-refractivity contribution >= 4 is 41.3 Å². The monoisotopic (exact) mass is 460 g/mol. The molecule has 2 aliphatic heterocycles. The number of carboxylic acid groups (broad SMARTS) is 1. The second-order valence-corrected chi connectivity index (χ2v) is 9.10. The van der Waals surface area contributed by atoms with E-state index in [0.717, 1.165) is 0 Å². The molecule has 2 unspecified atom stereocenters. The summed E-state index contributed by atoms with van der Waals surface area (Å²) in [6, 6.07) is 7.13. The highest BCUT2D eigenvalue weighted by Gasteiger charge is 2.54. The molecular formula is C19H20N6O4S2. The average Bonchev–Trinajstić information content (AvgIpc) is 3.19. The molecule has 4 N–H and O–H groups in total. The minimum atomic E-state index is -1.17. The van der Waals surface area contributed by atoms with Gasteiger partial charge >= 0.3 is 5.97 Å². The first-order chi connectivity index (χ1) is 14.9. The molecule has 1 aromatic heterocycles. The number of hydrogen-bond acceptors (Lipinski definition) is 8. The van der Waals surface area contributed by atoms with Crippen LogP contribution in [0.5, 0.6) is 0 Å². The molecule has 3 heterocycles. The number of β-lactam (4-membered cyclic amide) rings is 1. The first-order valence-electron chi connectivity index (χ1n) is 9.36. The Morgan fingerprint density at radius 3 is 2.77 bits per heavy atom. The number of aryl methyl sites for hydroxylation is 1. The van der Waals surface area contributed by atoms with Gasteiger partial charge in [0.2, 0.25) is 5.91 Å². The molecule has 31 heavy (non-hydrogen) atoms. The first kappa shape index (κ1) is 21.4. The number of nitrogens with two attached hydrogens (primary N) is 1. The van der Waals surface area contributed by atoms with Crippen LogP contribution in [-0.4, -0.2) is 65.5 Å². The van der Waals surface area contributed by atoms with Gasteiger partial charge in [-0.05, 0) is 11.1 Å². The topological polar surface area (TPSA) is 143 Å². The summed E-state index contributed by atoms with van der Waals surface area (Å²) in [7, 11) is 1.80. The summed E-state index contributed by atoms with van der Waals surface area (Å²) in [5.41, 5.74) is 7.24. The Morgan fingerprint density at radius 2 is 2.13 bits per heavy atom. The summed E-state index contributed by atoms with van der Waals surface area (Å²) in [5, 5.41) is 20.4. The SMILES string of the molecule is Cn1cnnc1SCC1=C(C(=O)O)N2C(=O)C(NC(=O)C(N)c3ccccc3)[C@@H]2SC1. The van der Waals surface area contributed by atoms with E-state index in [2.05, 4.69) is 15.5 Å². The Labute approximate surface area is 186 Å². The Hall–Kier alpha value is -2.83. The molecule has 0 spiro atoms. The molecule has 0 radical (unpaired) electrons. The van der Waals surface area contributed by atoms with Crippen LogP contribution in [0.1, 0.15) is 11.6 Å². The summed E-state index contributed by atoms with van der Waals surface area (Å²) in [5.74, 6) is -1.30. The van der Waals surface area contributed by atoms with Crippen LogP contribution in [0.4, 0.5) is 0 Å². The van der Waals surface area contributed by atoms with Crippen molar-refractivity contribution in [2.75, 3.05) is 11.5 Å². The predicted octanol–water partition coefficient (Wildman–Crippen LogP) is 0.346. The summed E-state index contributed by atoms with van der Waals surface area (Å²) < 4.78 is 1.74. The Morgan fingerprint density at radius 1 is 1.39 bits per heavy atom. The summed E-state index contributed by atoms with van der Waals surface area (Å²) >= 11 is 2.77. The number of amides is 2. The van der Waals surface area contributed by atoms with Gasteiger partial charge in [0.1, 0.15) is 29.5 Å². The quantitative estimate of drug-likeness (QED) is 0.394. The van der Waals surface area contributed by atoms with Gasteiger partial charge in [-0.25, -0.2) is 4.79 Å². The molecule has 0 saturated carbocycles. The minimum Gasteiger partial charge on any atom is -0.477 e. The number of aliphatic carboxylic acids is 1. The smallest absolute Gasteiger partial charge is 0.352 e. The highest BCUT2D eigenvalue weighted by Crippen LogP contribution is 2.41. The zero-order valence-electron chi connectivity index (χ0n) is 16.5. The Kier molecular flexibility index (Phi) is 6.03. The molecule has 2 aliphatic rings. The zero-order valence-corrected chi connectivity index (χ0v) is 18.1. The molecule has 0 bridgehead atoms. The largest absolute Gasteiger partial charge is 0.477 e. The number of carboxylic acids is 1. The number of rotatable bonds is 7. The van der Waals surface area contributed by atoms with Crippen LogP contribution in [0.2, 0.25) is 0 Å². The van der Waals surface area contributed by atoms with Gasteiger partial charge in [-0.2, -0.15) is 0 Å². The summed E-state index contributed by atoms with van der Waals surface area (Å²) in [6.07, 6.45) is 1.56. The number of fused-ring (bicyclic) bond motifs is 1. The van der Waals surface area contributed by atoms with Gasteiger partial charge in [-0.1, -0.05) is 42.1 Å². The second-order valence-electron chi connectivity index (χ2n) is 7.05. The van der Waals surface area contributed by atoms with Crippen molar-refractivity contribution in [1.29, 1.82) is 0 Å². The molecule has 1 saturated heterocycles. The van der Waals surface area contributed by atoms with Gasteiger partial charge in [-0.3, -0.25) is 14.5 Å². The molecule has 2 amide bonds. The van der Waals surface area contributed by atoms with E-state index >= 15 is 0 Å². The number of hydrogen-bond donors (Lipinski definition) is 3. The normalized spacial score (nSPS) is 21.4. The third kappa shape index (κ3) is 4.05. The fourth-order valence-electron chi connectivity index (χ4n) is 3.40. The lowest BCUT2D eigenvalue weighted by Crippen LogP contribution is -2.71. The van der Waals surface area contributed by atoms with E-state index < -0.39 is 35.2 Å². The van der Waals surface area contributed by atoms with Gasteiger partial charge in [0.05, 0.1) is 0 Å². The van der Waals surface area contributed by atoms with Crippen molar-refractivity contribution in [3.8, 4) is 0 Å². The second kappa shape index (κ2) is 8.73. The molecule has 1 fully saturated rings. The molecule has 0 aliphatic carbocycles. The van der Waals surface area contributed by atoms with E-state index in [0.29, 0.717) is 27.8 Å². The van der Waals surface area contributed by atoms with E-state index in [1.165, 1.54) is 28.4 Å². The lowest BCUT2D eigenvalue weighted by Gasteiger charge is -2.49. The molecular weight excluding hydrogens is 440 g/mol. The van der Waals surface area contributed by atoms with E-state index in [4.69, 9.17) is 5.73 Å². The third-order valence-electron chi connectivity index (χ3n) is 5.03. The minimum absolute atomic E-state index is 0.0266. The van der Waals surface area contributed by atoms with Gasteiger partial charge in [0.25, 0.3) is 5.91 Å². The number of carbonyl (C=O) groups excluding carboxylic acids is 2. The lowest BCUT2D eigenvalue weighted by atomic mass is 10.0. The maximum Gasteiger partial charge on any atom is 0.352 e. The van der Waals surface area contributed by atoms with E-state index in [9.17, 15) is 19.5 Å². The van der Waals surface area contributed by atoms with Crippen LogP contribution in [0, 0.1) is 0 Å². The molecule has 4 rings (SSSR count). The Bertz CT molecular complexity index is 1060. The lowest BCUT2D eigenvalue weighted by molar-refractivity contribution is -0.150. The first-order valence-corrected chi connectivity index (χ1v) is 11.4. The molecule has 1 aromatic carbocycles. The fourth-order valence-corrected chi connectivity index (χ4v) is 5.78. The van der Waals surface area contributed by atoms with Crippen molar-refractivity contribution in [2.45, 2.75) is 22.6 Å². The number of carbonyl (C=O) groups is 3. The van der Waals surface area contributed by atoms with Gasteiger partial charge in [0.15, 0.2) is 5.16 Å². The molecule has 10 nitrogen and oxygen atoms in total. The van der Waals surface area contributed by atoms with Crippen molar-refractivity contribution < 1.29 is 19.5 Å². The van der Waals surface area contributed by atoms with Crippen LogP contribution >= 0.6 is 23.5 Å². The number of benzene rings is 1. The van der Waals surface area contributed by atoms with Crippen LogP contribution in [0.3, 0.4) is 0 Å². The van der Waals surface area contributed by atoms with Crippen LogP contribution < -0.4 is 11.1 Å². The number of aromatic nitrogens is 3.